The van der Waals surface area contributed by atoms with Crippen molar-refractivity contribution in [2.24, 2.45) is 0 Å². The van der Waals surface area contributed by atoms with Crippen molar-refractivity contribution in [3.8, 4) is 5.75 Å². The topological polar surface area (TPSA) is 79.2 Å². The van der Waals surface area contributed by atoms with E-state index >= 15 is 0 Å². The number of likely N-dealkylation sites (tertiary alicyclic amines) is 1. The second kappa shape index (κ2) is 8.05. The number of carbonyl (C=O) groups is 1. The van der Waals surface area contributed by atoms with Gasteiger partial charge < -0.3 is 19.4 Å². The lowest BCUT2D eigenvalue weighted by Gasteiger charge is -2.40. The molecule has 1 fully saturated rings. The first-order valence-electron chi connectivity index (χ1n) is 10.9. The minimum atomic E-state index is -0.655. The molecule has 9 heteroatoms. The molecule has 32 heavy (non-hydrogen) atoms. The number of anilines is 2. The molecule has 2 atom stereocenters. The Morgan fingerprint density at radius 3 is 2.94 bits per heavy atom. The van der Waals surface area contributed by atoms with Crippen molar-refractivity contribution in [3.05, 3.63) is 57.9 Å². The van der Waals surface area contributed by atoms with Crippen LogP contribution in [0.1, 0.15) is 24.3 Å². The van der Waals surface area contributed by atoms with Gasteiger partial charge in [0.25, 0.3) is 0 Å². The number of halogens is 1. The van der Waals surface area contributed by atoms with Gasteiger partial charge in [-0.1, -0.05) is 12.1 Å². The molecule has 5 rings (SSSR count). The summed E-state index contributed by atoms with van der Waals surface area (Å²) in [4.78, 5) is 29.4. The van der Waals surface area contributed by atoms with Gasteiger partial charge in [-0.25, -0.2) is 4.39 Å². The minimum absolute atomic E-state index is 0.0928. The van der Waals surface area contributed by atoms with Crippen LogP contribution in [-0.2, 0) is 4.79 Å². The number of hydrogen-bond acceptors (Lipinski definition) is 6. The lowest BCUT2D eigenvalue weighted by Crippen LogP contribution is -2.51. The van der Waals surface area contributed by atoms with Crippen LogP contribution in [0.3, 0.4) is 0 Å². The molecule has 0 N–H and O–H groups in total. The van der Waals surface area contributed by atoms with Gasteiger partial charge in [-0.3, -0.25) is 14.9 Å². The molecular weight excluding hydrogens is 415 g/mol. The van der Waals surface area contributed by atoms with Crippen molar-refractivity contribution in [2.45, 2.75) is 24.8 Å². The first-order chi connectivity index (χ1) is 15.4. The number of benzene rings is 2. The van der Waals surface area contributed by atoms with Gasteiger partial charge >= 0.3 is 5.69 Å². The molecule has 3 heterocycles. The van der Waals surface area contributed by atoms with Crippen LogP contribution in [0.2, 0.25) is 0 Å². The smallest absolute Gasteiger partial charge is 0.313 e. The molecule has 2 aromatic carbocycles. The van der Waals surface area contributed by atoms with Crippen LogP contribution < -0.4 is 14.5 Å². The maximum atomic E-state index is 13.3. The fourth-order valence-electron chi connectivity index (χ4n) is 5.29. The normalized spacial score (nSPS) is 22.0. The average Bonchev–Trinajstić information content (AvgIpc) is 3.09. The first kappa shape index (κ1) is 20.7. The van der Waals surface area contributed by atoms with Crippen molar-refractivity contribution >= 4 is 23.0 Å². The number of likely N-dealkylation sites (N-methyl/N-ethyl adjacent to an activating group) is 1. The Kier molecular flexibility index (Phi) is 5.21. The SMILES string of the molecule is CN1C(=O)CN2c3c(cccc31)[C@@H]1CN(CCCOc3ccc(F)cc3[N+](=O)[O-])CC[C@@H]12. The van der Waals surface area contributed by atoms with Crippen LogP contribution >= 0.6 is 0 Å². The second-order valence-corrected chi connectivity index (χ2v) is 8.63. The summed E-state index contributed by atoms with van der Waals surface area (Å²) in [5, 5.41) is 11.1. The molecule has 1 amide bonds. The van der Waals surface area contributed by atoms with E-state index in [1.807, 2.05) is 19.2 Å². The van der Waals surface area contributed by atoms with E-state index in [1.165, 1.54) is 23.4 Å². The summed E-state index contributed by atoms with van der Waals surface area (Å²) < 4.78 is 18.9. The average molecular weight is 440 g/mol. The maximum absolute atomic E-state index is 13.3. The number of hydrogen-bond donors (Lipinski definition) is 0. The first-order valence-corrected chi connectivity index (χ1v) is 10.9. The number of carbonyl (C=O) groups excluding carboxylic acids is 1. The van der Waals surface area contributed by atoms with E-state index in [4.69, 9.17) is 4.74 Å². The van der Waals surface area contributed by atoms with E-state index in [2.05, 4.69) is 15.9 Å². The number of para-hydroxylation sites is 1. The van der Waals surface area contributed by atoms with E-state index < -0.39 is 10.7 Å². The number of fused-ring (bicyclic) bond motifs is 3. The van der Waals surface area contributed by atoms with E-state index in [-0.39, 0.29) is 17.3 Å². The lowest BCUT2D eigenvalue weighted by atomic mass is 9.89. The molecule has 2 aromatic rings. The molecule has 0 unspecified atom stereocenters. The Labute approximate surface area is 185 Å². The Morgan fingerprint density at radius 2 is 2.12 bits per heavy atom. The number of amides is 1. The predicted molar refractivity (Wildman–Crippen MR) is 118 cm³/mol. The zero-order valence-electron chi connectivity index (χ0n) is 17.9. The highest BCUT2D eigenvalue weighted by molar-refractivity contribution is 6.04. The third-order valence-electron chi connectivity index (χ3n) is 6.83. The highest BCUT2D eigenvalue weighted by Gasteiger charge is 2.46. The van der Waals surface area contributed by atoms with Crippen molar-refractivity contribution < 1.29 is 18.8 Å². The number of nitro benzene ring substituents is 1. The molecule has 3 aliphatic rings. The van der Waals surface area contributed by atoms with Crippen LogP contribution in [0.5, 0.6) is 5.75 Å². The van der Waals surface area contributed by atoms with E-state index in [1.54, 1.807) is 4.90 Å². The van der Waals surface area contributed by atoms with Crippen LogP contribution in [0.15, 0.2) is 36.4 Å². The zero-order valence-corrected chi connectivity index (χ0v) is 17.9. The lowest BCUT2D eigenvalue weighted by molar-refractivity contribution is -0.386. The molecule has 8 nitrogen and oxygen atoms in total. The van der Waals surface area contributed by atoms with Gasteiger partial charge in [0.15, 0.2) is 5.75 Å². The molecule has 0 radical (unpaired) electrons. The molecule has 0 aromatic heterocycles. The summed E-state index contributed by atoms with van der Waals surface area (Å²) in [6.07, 6.45) is 1.70. The van der Waals surface area contributed by atoms with Crippen molar-refractivity contribution in [2.75, 3.05) is 49.6 Å². The van der Waals surface area contributed by atoms with Crippen LogP contribution in [-0.4, -0.2) is 61.6 Å². The van der Waals surface area contributed by atoms with Crippen LogP contribution in [0.25, 0.3) is 0 Å². The Balaban J connectivity index is 1.21. The van der Waals surface area contributed by atoms with Gasteiger partial charge in [0.1, 0.15) is 5.82 Å². The quantitative estimate of drug-likeness (QED) is 0.390. The third-order valence-corrected chi connectivity index (χ3v) is 6.83. The van der Waals surface area contributed by atoms with Crippen molar-refractivity contribution in [3.63, 3.8) is 0 Å². The number of piperidine rings is 1. The second-order valence-electron chi connectivity index (χ2n) is 8.63. The predicted octanol–water partition coefficient (Wildman–Crippen LogP) is 3.16. The Morgan fingerprint density at radius 1 is 1.28 bits per heavy atom. The monoisotopic (exact) mass is 440 g/mol. The van der Waals surface area contributed by atoms with Gasteiger partial charge in [0.05, 0.1) is 35.5 Å². The summed E-state index contributed by atoms with van der Waals surface area (Å²) in [7, 11) is 1.84. The number of ether oxygens (including phenoxy) is 1. The Bertz CT molecular complexity index is 1080. The number of nitro groups is 1. The largest absolute Gasteiger partial charge is 0.487 e. The van der Waals surface area contributed by atoms with E-state index in [0.717, 1.165) is 37.8 Å². The van der Waals surface area contributed by atoms with Crippen LogP contribution in [0, 0.1) is 15.9 Å². The summed E-state index contributed by atoms with van der Waals surface area (Å²) in [6.45, 7) is 3.41. The zero-order chi connectivity index (χ0) is 22.4. The van der Waals surface area contributed by atoms with Gasteiger partial charge in [-0.05, 0) is 36.6 Å². The number of rotatable bonds is 6. The standard InChI is InChI=1S/C23H25FN4O4/c1-25-19-5-2-4-16-17-13-26(10-8-18(17)27(23(16)19)14-22(25)29)9-3-11-32-21-7-6-15(24)12-20(21)28(30)31/h2,4-7,12,17-18H,3,8-11,13-14H2,1H3/t17-,18-/m0/s1. The van der Waals surface area contributed by atoms with E-state index in [0.29, 0.717) is 31.5 Å². The molecular formula is C23H25FN4O4. The molecule has 0 spiro atoms. The minimum Gasteiger partial charge on any atom is -0.487 e. The van der Waals surface area contributed by atoms with Gasteiger partial charge in [-0.2, -0.15) is 0 Å². The van der Waals surface area contributed by atoms with Gasteiger partial charge in [0.2, 0.25) is 5.91 Å². The Hall–Kier alpha value is -3.20. The van der Waals surface area contributed by atoms with E-state index in [9.17, 15) is 19.3 Å². The molecule has 0 aliphatic carbocycles. The summed E-state index contributed by atoms with van der Waals surface area (Å²) in [5.41, 5.74) is 3.16. The van der Waals surface area contributed by atoms with Crippen LogP contribution in [0.4, 0.5) is 21.5 Å². The molecule has 3 aliphatic heterocycles. The van der Waals surface area contributed by atoms with Crippen molar-refractivity contribution in [1.82, 2.24) is 4.90 Å². The molecule has 0 bridgehead atoms. The van der Waals surface area contributed by atoms with Gasteiger partial charge in [-0.15, -0.1) is 0 Å². The maximum Gasteiger partial charge on any atom is 0.313 e. The van der Waals surface area contributed by atoms with Crippen molar-refractivity contribution in [1.29, 1.82) is 0 Å². The highest BCUT2D eigenvalue weighted by Crippen LogP contribution is 2.50. The fraction of sp³-hybridized carbons (Fsp3) is 0.435. The summed E-state index contributed by atoms with van der Waals surface area (Å²) in [5.74, 6) is -0.0742. The molecule has 0 saturated carbocycles. The highest BCUT2D eigenvalue weighted by atomic mass is 19.1. The summed E-state index contributed by atoms with van der Waals surface area (Å²) in [6, 6.07) is 9.93. The summed E-state index contributed by atoms with van der Waals surface area (Å²) >= 11 is 0. The molecule has 168 valence electrons. The third kappa shape index (κ3) is 3.46. The molecule has 1 saturated heterocycles. The van der Waals surface area contributed by atoms with Gasteiger partial charge in [0, 0.05) is 38.6 Å². The fourth-order valence-corrected chi connectivity index (χ4v) is 5.29. The number of nitrogens with zero attached hydrogens (tertiary/aromatic N) is 4.